The van der Waals surface area contributed by atoms with E-state index < -0.39 is 0 Å². The second kappa shape index (κ2) is 5.75. The van der Waals surface area contributed by atoms with Crippen LogP contribution in [0.4, 0.5) is 0 Å². The van der Waals surface area contributed by atoms with E-state index >= 15 is 0 Å². The van der Waals surface area contributed by atoms with Crippen LogP contribution in [0.2, 0.25) is 0 Å². The number of hydrogen-bond acceptors (Lipinski definition) is 2. The Morgan fingerprint density at radius 1 is 1.69 bits per heavy atom. The molecule has 0 spiro atoms. The van der Waals surface area contributed by atoms with Gasteiger partial charge in [0.2, 0.25) is 5.91 Å². The molecule has 73 valence electrons. The normalized spacial score (nSPS) is 18.1. The van der Waals surface area contributed by atoms with Crippen LogP contribution in [0.3, 0.4) is 0 Å². The lowest BCUT2D eigenvalue weighted by Crippen LogP contribution is -2.34. The van der Waals surface area contributed by atoms with E-state index in [1.54, 1.807) is 19.3 Å². The van der Waals surface area contributed by atoms with Gasteiger partial charge in [-0.1, -0.05) is 6.08 Å². The average molecular weight is 182 g/mol. The van der Waals surface area contributed by atoms with E-state index in [0.29, 0.717) is 6.61 Å². The van der Waals surface area contributed by atoms with Crippen molar-refractivity contribution in [2.75, 3.05) is 26.8 Å². The number of methoxy groups -OCH3 is 1. The second-order valence-corrected chi connectivity index (χ2v) is 3.07. The average Bonchev–Trinajstić information content (AvgIpc) is 2.19. The first kappa shape index (κ1) is 10.3. The van der Waals surface area contributed by atoms with E-state index in [4.69, 9.17) is 4.74 Å². The van der Waals surface area contributed by atoms with E-state index in [0.717, 1.165) is 25.9 Å². The van der Waals surface area contributed by atoms with Crippen molar-refractivity contribution in [3.05, 3.63) is 18.6 Å². The van der Waals surface area contributed by atoms with Crippen LogP contribution in [0.15, 0.2) is 12.2 Å². The molecule has 1 rings (SSSR count). The number of carbonyl (C=O) groups excluding carboxylic acids is 1. The van der Waals surface area contributed by atoms with Crippen LogP contribution in [-0.2, 0) is 9.53 Å². The minimum absolute atomic E-state index is 0.0907. The first-order chi connectivity index (χ1) is 6.34. The monoisotopic (exact) mass is 182 g/mol. The summed E-state index contributed by atoms with van der Waals surface area (Å²) in [5.41, 5.74) is 0. The van der Waals surface area contributed by atoms with Crippen LogP contribution < -0.4 is 0 Å². The summed E-state index contributed by atoms with van der Waals surface area (Å²) in [6, 6.07) is 0. The Morgan fingerprint density at radius 2 is 2.54 bits per heavy atom. The van der Waals surface area contributed by atoms with Crippen LogP contribution in [0.25, 0.3) is 0 Å². The molecule has 1 saturated heterocycles. The lowest BCUT2D eigenvalue weighted by atomic mass is 10.1. The molecule has 3 heteroatoms. The third kappa shape index (κ3) is 3.59. The number of piperidine rings is 1. The summed E-state index contributed by atoms with van der Waals surface area (Å²) in [6.07, 6.45) is 7.70. The highest BCUT2D eigenvalue weighted by molar-refractivity contribution is 5.87. The van der Waals surface area contributed by atoms with Gasteiger partial charge in [-0.3, -0.25) is 4.79 Å². The number of rotatable bonds is 3. The number of ether oxygens (including phenoxy) is 1. The van der Waals surface area contributed by atoms with Crippen molar-refractivity contribution >= 4 is 5.91 Å². The molecule has 0 aromatic rings. The maximum Gasteiger partial charge on any atom is 0.246 e. The molecular formula is C10H16NO2. The lowest BCUT2D eigenvalue weighted by molar-refractivity contribution is -0.126. The molecule has 0 unspecified atom stereocenters. The van der Waals surface area contributed by atoms with Gasteiger partial charge in [0.25, 0.3) is 0 Å². The second-order valence-electron chi connectivity index (χ2n) is 3.07. The minimum Gasteiger partial charge on any atom is -0.381 e. The standard InChI is InChI=1S/C10H16NO2/c1-13-9-5-6-10(12)11-7-3-2-4-8-11/h3,5-6H,2,4,7-9H2,1H3. The predicted molar refractivity (Wildman–Crippen MR) is 51.1 cm³/mol. The van der Waals surface area contributed by atoms with Gasteiger partial charge in [-0.2, -0.15) is 0 Å². The van der Waals surface area contributed by atoms with Crippen molar-refractivity contribution < 1.29 is 9.53 Å². The van der Waals surface area contributed by atoms with E-state index in [1.165, 1.54) is 0 Å². The fourth-order valence-electron chi connectivity index (χ4n) is 1.32. The van der Waals surface area contributed by atoms with E-state index in [9.17, 15) is 4.79 Å². The Hall–Kier alpha value is -0.830. The molecule has 0 bridgehead atoms. The van der Waals surface area contributed by atoms with Crippen molar-refractivity contribution in [3.8, 4) is 0 Å². The van der Waals surface area contributed by atoms with Crippen LogP contribution in [0.5, 0.6) is 0 Å². The summed E-state index contributed by atoms with van der Waals surface area (Å²) in [4.78, 5) is 13.3. The fourth-order valence-corrected chi connectivity index (χ4v) is 1.32. The smallest absolute Gasteiger partial charge is 0.246 e. The third-order valence-corrected chi connectivity index (χ3v) is 2.02. The van der Waals surface area contributed by atoms with Crippen LogP contribution >= 0.6 is 0 Å². The highest BCUT2D eigenvalue weighted by Gasteiger charge is 2.13. The number of likely N-dealkylation sites (tertiary alicyclic amines) is 1. The van der Waals surface area contributed by atoms with Crippen molar-refractivity contribution in [3.63, 3.8) is 0 Å². The van der Waals surface area contributed by atoms with Crippen molar-refractivity contribution in [2.24, 2.45) is 0 Å². The molecule has 0 aromatic heterocycles. The summed E-state index contributed by atoms with van der Waals surface area (Å²) in [6.45, 7) is 2.17. The highest BCUT2D eigenvalue weighted by Crippen LogP contribution is 2.07. The first-order valence-electron chi connectivity index (χ1n) is 4.60. The Bertz CT molecular complexity index is 183. The summed E-state index contributed by atoms with van der Waals surface area (Å²) in [5, 5.41) is 0. The number of amides is 1. The largest absolute Gasteiger partial charge is 0.381 e. The van der Waals surface area contributed by atoms with Crippen LogP contribution in [-0.4, -0.2) is 37.6 Å². The lowest BCUT2D eigenvalue weighted by Gasteiger charge is -2.25. The Labute approximate surface area is 79.4 Å². The topological polar surface area (TPSA) is 29.5 Å². The Balaban J connectivity index is 2.28. The minimum atomic E-state index is 0.0907. The first-order valence-corrected chi connectivity index (χ1v) is 4.60. The molecule has 1 heterocycles. The van der Waals surface area contributed by atoms with Crippen molar-refractivity contribution in [2.45, 2.75) is 12.8 Å². The zero-order valence-corrected chi connectivity index (χ0v) is 8.03. The molecule has 1 fully saturated rings. The molecule has 0 N–H and O–H groups in total. The molecule has 0 aliphatic carbocycles. The van der Waals surface area contributed by atoms with Crippen molar-refractivity contribution in [1.82, 2.24) is 4.90 Å². The molecule has 1 aliphatic rings. The van der Waals surface area contributed by atoms with E-state index in [2.05, 4.69) is 6.42 Å². The quantitative estimate of drug-likeness (QED) is 0.610. The molecule has 0 aromatic carbocycles. The molecule has 0 saturated carbocycles. The van der Waals surface area contributed by atoms with Gasteiger partial charge in [0.15, 0.2) is 0 Å². The maximum absolute atomic E-state index is 11.4. The molecule has 3 nitrogen and oxygen atoms in total. The van der Waals surface area contributed by atoms with Gasteiger partial charge >= 0.3 is 0 Å². The molecule has 13 heavy (non-hydrogen) atoms. The zero-order chi connectivity index (χ0) is 9.52. The van der Waals surface area contributed by atoms with E-state index in [1.807, 2.05) is 4.90 Å². The Morgan fingerprint density at radius 3 is 3.15 bits per heavy atom. The zero-order valence-electron chi connectivity index (χ0n) is 8.03. The van der Waals surface area contributed by atoms with Crippen LogP contribution in [0, 0.1) is 6.42 Å². The van der Waals surface area contributed by atoms with Gasteiger partial charge in [0, 0.05) is 26.3 Å². The van der Waals surface area contributed by atoms with Gasteiger partial charge in [-0.25, -0.2) is 0 Å². The molecule has 0 atom stereocenters. The maximum atomic E-state index is 11.4. The molecule has 1 aliphatic heterocycles. The molecule has 1 amide bonds. The van der Waals surface area contributed by atoms with E-state index in [-0.39, 0.29) is 5.91 Å². The van der Waals surface area contributed by atoms with Gasteiger partial charge in [0.1, 0.15) is 0 Å². The van der Waals surface area contributed by atoms with Crippen molar-refractivity contribution in [1.29, 1.82) is 0 Å². The molecular weight excluding hydrogens is 166 g/mol. The molecule has 1 radical (unpaired) electrons. The highest BCUT2D eigenvalue weighted by atomic mass is 16.5. The van der Waals surface area contributed by atoms with Crippen LogP contribution in [0.1, 0.15) is 12.8 Å². The summed E-state index contributed by atoms with van der Waals surface area (Å²) in [7, 11) is 1.61. The third-order valence-electron chi connectivity index (χ3n) is 2.02. The Kier molecular flexibility index (Phi) is 4.54. The van der Waals surface area contributed by atoms with Gasteiger partial charge in [-0.05, 0) is 19.3 Å². The van der Waals surface area contributed by atoms with Gasteiger partial charge in [0.05, 0.1) is 6.61 Å². The summed E-state index contributed by atoms with van der Waals surface area (Å²) >= 11 is 0. The number of carbonyl (C=O) groups is 1. The number of hydrogen-bond donors (Lipinski definition) is 0. The SMILES string of the molecule is COCC=CC(=O)N1C[CH]CCC1. The van der Waals surface area contributed by atoms with Gasteiger partial charge in [-0.15, -0.1) is 0 Å². The van der Waals surface area contributed by atoms with Gasteiger partial charge < -0.3 is 9.64 Å². The fraction of sp³-hybridized carbons (Fsp3) is 0.600. The number of nitrogens with zero attached hydrogens (tertiary/aromatic N) is 1. The predicted octanol–water partition coefficient (Wildman–Crippen LogP) is 1.02. The summed E-state index contributed by atoms with van der Waals surface area (Å²) < 4.78 is 4.81. The summed E-state index contributed by atoms with van der Waals surface area (Å²) in [5.74, 6) is 0.0907.